The first-order chi connectivity index (χ1) is 7.72. The van der Waals surface area contributed by atoms with Gasteiger partial charge in [-0.3, -0.25) is 4.79 Å². The van der Waals surface area contributed by atoms with Crippen molar-refractivity contribution in [2.45, 2.75) is 57.3 Å². The highest BCUT2D eigenvalue weighted by atomic mass is 16.5. The van der Waals surface area contributed by atoms with E-state index in [-0.39, 0.29) is 18.1 Å². The maximum absolute atomic E-state index is 12.2. The maximum atomic E-state index is 12.2. The Morgan fingerprint density at radius 1 is 1.38 bits per heavy atom. The predicted molar refractivity (Wildman–Crippen MR) is 62.0 cm³/mol. The van der Waals surface area contributed by atoms with Gasteiger partial charge in [0.2, 0.25) is 0 Å². The number of rotatable bonds is 5. The van der Waals surface area contributed by atoms with Gasteiger partial charge in [-0.2, -0.15) is 0 Å². The molecule has 1 saturated heterocycles. The number of carbonyl (C=O) groups excluding carboxylic acids is 1. The van der Waals surface area contributed by atoms with Gasteiger partial charge in [0.05, 0.1) is 6.10 Å². The van der Waals surface area contributed by atoms with Crippen molar-refractivity contribution < 1.29 is 9.53 Å². The lowest BCUT2D eigenvalue weighted by Crippen LogP contribution is -2.41. The number of ether oxygens (including phenoxy) is 1. The van der Waals surface area contributed by atoms with Crippen molar-refractivity contribution in [2.24, 2.45) is 5.73 Å². The summed E-state index contributed by atoms with van der Waals surface area (Å²) in [4.78, 5) is 14.2. The lowest BCUT2D eigenvalue weighted by Gasteiger charge is -2.25. The van der Waals surface area contributed by atoms with Crippen LogP contribution in [0.1, 0.15) is 39.0 Å². The summed E-state index contributed by atoms with van der Waals surface area (Å²) in [6, 6.07) is 0.471. The second kappa shape index (κ2) is 5.15. The average molecular weight is 226 g/mol. The van der Waals surface area contributed by atoms with Gasteiger partial charge in [-0.1, -0.05) is 0 Å². The molecular weight excluding hydrogens is 204 g/mol. The zero-order valence-electron chi connectivity index (χ0n) is 10.0. The molecule has 92 valence electrons. The summed E-state index contributed by atoms with van der Waals surface area (Å²) in [5.74, 6) is 0.195. The molecule has 2 rings (SSSR count). The Labute approximate surface area is 97.1 Å². The van der Waals surface area contributed by atoms with E-state index in [9.17, 15) is 4.79 Å². The number of amides is 1. The molecule has 16 heavy (non-hydrogen) atoms. The van der Waals surface area contributed by atoms with Gasteiger partial charge in [-0.05, 0) is 45.6 Å². The Kier molecular flexibility index (Phi) is 3.82. The van der Waals surface area contributed by atoms with Gasteiger partial charge in [0.1, 0.15) is 6.10 Å². The molecule has 0 aromatic carbocycles. The summed E-state index contributed by atoms with van der Waals surface area (Å²) >= 11 is 0. The van der Waals surface area contributed by atoms with E-state index in [2.05, 4.69) is 0 Å². The van der Waals surface area contributed by atoms with Gasteiger partial charge in [-0.25, -0.2) is 0 Å². The topological polar surface area (TPSA) is 55.6 Å². The molecule has 1 amide bonds. The Bertz CT molecular complexity index is 253. The molecular formula is C12H22N2O2. The third-order valence-corrected chi connectivity index (χ3v) is 3.38. The first-order valence-corrected chi connectivity index (χ1v) is 6.38. The van der Waals surface area contributed by atoms with Crippen molar-refractivity contribution in [1.29, 1.82) is 0 Å². The van der Waals surface area contributed by atoms with Crippen LogP contribution in [0, 0.1) is 0 Å². The van der Waals surface area contributed by atoms with Gasteiger partial charge >= 0.3 is 0 Å². The molecule has 2 unspecified atom stereocenters. The summed E-state index contributed by atoms with van der Waals surface area (Å²) in [5, 5.41) is 0. The Balaban J connectivity index is 1.88. The summed E-state index contributed by atoms with van der Waals surface area (Å²) in [6.45, 7) is 3.49. The number of nitrogens with zero attached hydrogens (tertiary/aromatic N) is 1. The van der Waals surface area contributed by atoms with E-state index in [0.717, 1.165) is 38.6 Å². The van der Waals surface area contributed by atoms with E-state index in [1.54, 1.807) is 0 Å². The maximum Gasteiger partial charge on any atom is 0.251 e. The highest BCUT2D eigenvalue weighted by molar-refractivity contribution is 5.81. The molecule has 1 aliphatic carbocycles. The molecule has 1 saturated carbocycles. The fraction of sp³-hybridized carbons (Fsp3) is 0.917. The standard InChI is InChI=1S/C12H22N2O2/c1-9-3-6-11(16-9)12(15)14(8-2-7-13)10-4-5-10/h9-11H,2-8,13H2,1H3. The van der Waals surface area contributed by atoms with Crippen molar-refractivity contribution in [3.8, 4) is 0 Å². The predicted octanol–water partition coefficient (Wildman–Crippen LogP) is 0.894. The van der Waals surface area contributed by atoms with Crippen molar-refractivity contribution in [3.05, 3.63) is 0 Å². The Hall–Kier alpha value is -0.610. The third-order valence-electron chi connectivity index (χ3n) is 3.38. The zero-order valence-corrected chi connectivity index (χ0v) is 10.0. The Morgan fingerprint density at radius 2 is 2.12 bits per heavy atom. The second-order valence-corrected chi connectivity index (χ2v) is 4.92. The van der Waals surface area contributed by atoms with Crippen molar-refractivity contribution >= 4 is 5.91 Å². The minimum absolute atomic E-state index is 0.187. The van der Waals surface area contributed by atoms with Gasteiger partial charge in [0, 0.05) is 12.6 Å². The smallest absolute Gasteiger partial charge is 0.251 e. The van der Waals surface area contributed by atoms with Gasteiger partial charge in [-0.15, -0.1) is 0 Å². The van der Waals surface area contributed by atoms with E-state index in [0.29, 0.717) is 12.6 Å². The lowest BCUT2D eigenvalue weighted by atomic mass is 10.2. The van der Waals surface area contributed by atoms with Crippen LogP contribution in [0.3, 0.4) is 0 Å². The van der Waals surface area contributed by atoms with E-state index < -0.39 is 0 Å². The third kappa shape index (κ3) is 2.74. The van der Waals surface area contributed by atoms with Crippen LogP contribution in [0.2, 0.25) is 0 Å². The monoisotopic (exact) mass is 226 g/mol. The van der Waals surface area contributed by atoms with E-state index in [4.69, 9.17) is 10.5 Å². The summed E-state index contributed by atoms with van der Waals surface area (Å²) in [6.07, 6.45) is 5.14. The molecule has 2 aliphatic rings. The fourth-order valence-electron chi connectivity index (χ4n) is 2.29. The highest BCUT2D eigenvalue weighted by Gasteiger charge is 2.38. The molecule has 0 aromatic rings. The summed E-state index contributed by atoms with van der Waals surface area (Å²) in [5.41, 5.74) is 5.50. The normalized spacial score (nSPS) is 29.4. The molecule has 2 fully saturated rings. The van der Waals surface area contributed by atoms with Crippen LogP contribution >= 0.6 is 0 Å². The molecule has 4 heteroatoms. The molecule has 2 N–H and O–H groups in total. The van der Waals surface area contributed by atoms with Crippen LogP contribution in [0.4, 0.5) is 0 Å². The molecule has 0 bridgehead atoms. The van der Waals surface area contributed by atoms with Gasteiger partial charge in [0.25, 0.3) is 5.91 Å². The van der Waals surface area contributed by atoms with Gasteiger partial charge < -0.3 is 15.4 Å². The van der Waals surface area contributed by atoms with Crippen molar-refractivity contribution in [1.82, 2.24) is 4.90 Å². The quantitative estimate of drug-likeness (QED) is 0.757. The molecule has 0 spiro atoms. The number of hydrogen-bond donors (Lipinski definition) is 1. The SMILES string of the molecule is CC1CCC(C(=O)N(CCCN)C2CC2)O1. The molecule has 2 atom stereocenters. The Morgan fingerprint density at radius 3 is 2.62 bits per heavy atom. The van der Waals surface area contributed by atoms with Crippen LogP contribution in [0.25, 0.3) is 0 Å². The van der Waals surface area contributed by atoms with Crippen LogP contribution in [-0.2, 0) is 9.53 Å². The summed E-state index contributed by atoms with van der Waals surface area (Å²) in [7, 11) is 0. The van der Waals surface area contributed by atoms with Crippen LogP contribution in [0.5, 0.6) is 0 Å². The molecule has 4 nitrogen and oxygen atoms in total. The van der Waals surface area contributed by atoms with Crippen molar-refractivity contribution in [2.75, 3.05) is 13.1 Å². The number of carbonyl (C=O) groups is 1. The summed E-state index contributed by atoms with van der Waals surface area (Å²) < 4.78 is 5.64. The minimum Gasteiger partial charge on any atom is -0.365 e. The first-order valence-electron chi connectivity index (χ1n) is 6.38. The number of hydrogen-bond acceptors (Lipinski definition) is 3. The second-order valence-electron chi connectivity index (χ2n) is 4.92. The van der Waals surface area contributed by atoms with E-state index >= 15 is 0 Å². The molecule has 1 heterocycles. The highest BCUT2D eigenvalue weighted by Crippen LogP contribution is 2.30. The number of nitrogens with two attached hydrogens (primary N) is 1. The molecule has 0 aromatic heterocycles. The molecule has 0 radical (unpaired) electrons. The average Bonchev–Trinajstić information content (AvgIpc) is 3.01. The first kappa shape index (κ1) is 11.9. The van der Waals surface area contributed by atoms with Crippen molar-refractivity contribution in [3.63, 3.8) is 0 Å². The zero-order chi connectivity index (χ0) is 11.5. The largest absolute Gasteiger partial charge is 0.365 e. The van der Waals surface area contributed by atoms with Crippen LogP contribution < -0.4 is 5.73 Å². The molecule has 1 aliphatic heterocycles. The van der Waals surface area contributed by atoms with Crippen LogP contribution in [-0.4, -0.2) is 42.1 Å². The van der Waals surface area contributed by atoms with E-state index in [1.807, 2.05) is 11.8 Å². The lowest BCUT2D eigenvalue weighted by molar-refractivity contribution is -0.143. The fourth-order valence-corrected chi connectivity index (χ4v) is 2.29. The van der Waals surface area contributed by atoms with E-state index in [1.165, 1.54) is 0 Å². The minimum atomic E-state index is -0.187. The van der Waals surface area contributed by atoms with Gasteiger partial charge in [0.15, 0.2) is 0 Å². The van der Waals surface area contributed by atoms with Crippen LogP contribution in [0.15, 0.2) is 0 Å².